The summed E-state index contributed by atoms with van der Waals surface area (Å²) < 4.78 is 0. The summed E-state index contributed by atoms with van der Waals surface area (Å²) in [6, 6.07) is 9.37. The molecule has 1 aromatic carbocycles. The van der Waals surface area contributed by atoms with Crippen molar-refractivity contribution in [2.75, 3.05) is 11.9 Å². The van der Waals surface area contributed by atoms with Crippen LogP contribution in [-0.2, 0) is 11.2 Å². The largest absolute Gasteiger partial charge is 0.324 e. The Morgan fingerprint density at radius 3 is 2.86 bits per heavy atom. The number of aryl methyl sites for hydroxylation is 1. The third-order valence-electron chi connectivity index (χ3n) is 3.36. The average molecular weight is 300 g/mol. The molecule has 0 spiro atoms. The van der Waals surface area contributed by atoms with Crippen LogP contribution >= 0.6 is 11.6 Å². The summed E-state index contributed by atoms with van der Waals surface area (Å²) in [5.41, 5.74) is 3.97. The Bertz CT molecular complexity index is 740. The molecule has 0 aliphatic carbocycles. The van der Waals surface area contributed by atoms with Crippen LogP contribution in [0.3, 0.4) is 0 Å². The van der Waals surface area contributed by atoms with Crippen LogP contribution in [0.5, 0.6) is 0 Å². The summed E-state index contributed by atoms with van der Waals surface area (Å²) in [7, 11) is 0. The summed E-state index contributed by atoms with van der Waals surface area (Å²) in [6.45, 7) is 2.10. The van der Waals surface area contributed by atoms with Crippen molar-refractivity contribution in [3.8, 4) is 0 Å². The molecule has 0 radical (unpaired) electrons. The first kappa shape index (κ1) is 13.8. The molecule has 2 heterocycles. The minimum absolute atomic E-state index is 0.0801. The molecular weight excluding hydrogens is 286 g/mol. The van der Waals surface area contributed by atoms with Gasteiger partial charge in [-0.05, 0) is 18.6 Å². The second-order valence-corrected chi connectivity index (χ2v) is 5.17. The summed E-state index contributed by atoms with van der Waals surface area (Å²) >= 11 is 6.27. The zero-order chi connectivity index (χ0) is 14.8. The zero-order valence-electron chi connectivity index (χ0n) is 11.6. The van der Waals surface area contributed by atoms with Crippen LogP contribution in [0.25, 0.3) is 0 Å². The third-order valence-corrected chi connectivity index (χ3v) is 3.69. The molecule has 2 aromatic rings. The van der Waals surface area contributed by atoms with Gasteiger partial charge in [-0.25, -0.2) is 0 Å². The number of amides is 1. The number of hydrogen-bond donors (Lipinski definition) is 1. The van der Waals surface area contributed by atoms with Crippen molar-refractivity contribution >= 4 is 28.9 Å². The van der Waals surface area contributed by atoms with E-state index in [0.29, 0.717) is 10.7 Å². The highest BCUT2D eigenvalue weighted by molar-refractivity contribution is 6.36. The SMILES string of the molecule is CCc1cc2c(cn1)C(c1ccccc1Cl)=NCC(=O)N2. The van der Waals surface area contributed by atoms with Gasteiger partial charge in [0.15, 0.2) is 0 Å². The van der Waals surface area contributed by atoms with Gasteiger partial charge in [0.25, 0.3) is 0 Å². The smallest absolute Gasteiger partial charge is 0.246 e. The minimum atomic E-state index is -0.133. The lowest BCUT2D eigenvalue weighted by molar-refractivity contribution is -0.114. The van der Waals surface area contributed by atoms with Gasteiger partial charge in [0, 0.05) is 28.0 Å². The fourth-order valence-electron chi connectivity index (χ4n) is 2.29. The molecule has 1 N–H and O–H groups in total. The molecular formula is C16H14ClN3O. The van der Waals surface area contributed by atoms with Crippen molar-refractivity contribution in [1.82, 2.24) is 4.98 Å². The van der Waals surface area contributed by atoms with Gasteiger partial charge in [-0.3, -0.25) is 14.8 Å². The molecule has 0 atom stereocenters. The van der Waals surface area contributed by atoms with E-state index in [0.717, 1.165) is 28.9 Å². The lowest BCUT2D eigenvalue weighted by Gasteiger charge is -2.11. The Kier molecular flexibility index (Phi) is 3.71. The number of aromatic nitrogens is 1. The van der Waals surface area contributed by atoms with Gasteiger partial charge in [-0.2, -0.15) is 0 Å². The second-order valence-electron chi connectivity index (χ2n) is 4.77. The van der Waals surface area contributed by atoms with Crippen molar-refractivity contribution in [3.63, 3.8) is 0 Å². The van der Waals surface area contributed by atoms with E-state index in [9.17, 15) is 4.79 Å². The summed E-state index contributed by atoms with van der Waals surface area (Å²) in [6.07, 6.45) is 2.56. The van der Waals surface area contributed by atoms with E-state index in [4.69, 9.17) is 11.6 Å². The number of carbonyl (C=O) groups is 1. The van der Waals surface area contributed by atoms with E-state index in [1.165, 1.54) is 0 Å². The monoisotopic (exact) mass is 299 g/mol. The second kappa shape index (κ2) is 5.66. The van der Waals surface area contributed by atoms with E-state index in [1.54, 1.807) is 6.20 Å². The van der Waals surface area contributed by atoms with Gasteiger partial charge >= 0.3 is 0 Å². The Labute approximate surface area is 127 Å². The Hall–Kier alpha value is -2.20. The van der Waals surface area contributed by atoms with Crippen molar-refractivity contribution in [2.45, 2.75) is 13.3 Å². The van der Waals surface area contributed by atoms with E-state index in [2.05, 4.69) is 15.3 Å². The number of halogens is 1. The molecule has 0 unspecified atom stereocenters. The van der Waals surface area contributed by atoms with Crippen molar-refractivity contribution < 1.29 is 4.79 Å². The average Bonchev–Trinajstić information content (AvgIpc) is 2.65. The first-order valence-corrected chi connectivity index (χ1v) is 7.15. The standard InChI is InChI=1S/C16H14ClN3O/c1-2-10-7-14-12(8-18-10)16(19-9-15(21)20-14)11-5-3-4-6-13(11)17/h3-8H,2,9H2,1H3,(H,20,21). The van der Waals surface area contributed by atoms with Crippen LogP contribution in [0.15, 0.2) is 41.5 Å². The fourth-order valence-corrected chi connectivity index (χ4v) is 2.52. The maximum atomic E-state index is 11.8. The number of nitrogens with one attached hydrogen (secondary N) is 1. The molecule has 1 amide bonds. The maximum Gasteiger partial charge on any atom is 0.246 e. The number of nitrogens with zero attached hydrogens (tertiary/aromatic N) is 2. The summed E-state index contributed by atoms with van der Waals surface area (Å²) in [5.74, 6) is -0.133. The first-order valence-electron chi connectivity index (χ1n) is 6.77. The van der Waals surface area contributed by atoms with Gasteiger partial charge in [0.05, 0.1) is 11.4 Å². The molecule has 1 aliphatic heterocycles. The van der Waals surface area contributed by atoms with Crippen LogP contribution in [-0.4, -0.2) is 23.1 Å². The van der Waals surface area contributed by atoms with Crippen molar-refractivity contribution in [3.05, 3.63) is 58.4 Å². The molecule has 1 aliphatic rings. The van der Waals surface area contributed by atoms with Gasteiger partial charge < -0.3 is 5.32 Å². The van der Waals surface area contributed by atoms with E-state index in [1.807, 2.05) is 37.3 Å². The number of benzene rings is 1. The van der Waals surface area contributed by atoms with E-state index in [-0.39, 0.29) is 12.5 Å². The van der Waals surface area contributed by atoms with E-state index < -0.39 is 0 Å². The predicted molar refractivity (Wildman–Crippen MR) is 84.2 cm³/mol. The molecule has 21 heavy (non-hydrogen) atoms. The number of rotatable bonds is 2. The minimum Gasteiger partial charge on any atom is -0.324 e. The van der Waals surface area contributed by atoms with Crippen LogP contribution in [0.1, 0.15) is 23.7 Å². The van der Waals surface area contributed by atoms with Crippen LogP contribution < -0.4 is 5.32 Å². The molecule has 5 heteroatoms. The highest BCUT2D eigenvalue weighted by Crippen LogP contribution is 2.26. The van der Waals surface area contributed by atoms with Crippen molar-refractivity contribution in [1.29, 1.82) is 0 Å². The molecule has 0 saturated carbocycles. The zero-order valence-corrected chi connectivity index (χ0v) is 12.3. The van der Waals surface area contributed by atoms with Crippen LogP contribution in [0.2, 0.25) is 5.02 Å². The Balaban J connectivity index is 2.18. The normalized spacial score (nSPS) is 14.0. The lowest BCUT2D eigenvalue weighted by atomic mass is 10.0. The maximum absolute atomic E-state index is 11.8. The number of fused-ring (bicyclic) bond motifs is 1. The first-order chi connectivity index (χ1) is 10.2. The molecule has 0 fully saturated rings. The molecule has 1 aromatic heterocycles. The lowest BCUT2D eigenvalue weighted by Crippen LogP contribution is -2.13. The Morgan fingerprint density at radius 1 is 1.29 bits per heavy atom. The number of hydrogen-bond acceptors (Lipinski definition) is 3. The van der Waals surface area contributed by atoms with Crippen LogP contribution in [0.4, 0.5) is 5.69 Å². The van der Waals surface area contributed by atoms with Gasteiger partial charge in [-0.15, -0.1) is 0 Å². The van der Waals surface area contributed by atoms with E-state index >= 15 is 0 Å². The number of carbonyl (C=O) groups excluding carboxylic acids is 1. The highest BCUT2D eigenvalue weighted by Gasteiger charge is 2.20. The third kappa shape index (κ3) is 2.67. The molecule has 3 rings (SSSR count). The predicted octanol–water partition coefficient (Wildman–Crippen LogP) is 3.09. The van der Waals surface area contributed by atoms with Gasteiger partial charge in [-0.1, -0.05) is 36.7 Å². The van der Waals surface area contributed by atoms with Gasteiger partial charge in [0.2, 0.25) is 5.91 Å². The number of pyridine rings is 1. The van der Waals surface area contributed by atoms with Gasteiger partial charge in [0.1, 0.15) is 6.54 Å². The molecule has 4 nitrogen and oxygen atoms in total. The topological polar surface area (TPSA) is 54.4 Å². The molecule has 0 bridgehead atoms. The summed E-state index contributed by atoms with van der Waals surface area (Å²) in [5, 5.41) is 3.49. The number of anilines is 1. The molecule has 106 valence electrons. The number of aliphatic imine (C=N–C) groups is 1. The Morgan fingerprint density at radius 2 is 2.10 bits per heavy atom. The van der Waals surface area contributed by atoms with Crippen LogP contribution in [0, 0.1) is 0 Å². The summed E-state index contributed by atoms with van der Waals surface area (Å²) in [4.78, 5) is 20.7. The van der Waals surface area contributed by atoms with Crippen molar-refractivity contribution in [2.24, 2.45) is 4.99 Å². The fraction of sp³-hybridized carbons (Fsp3) is 0.188. The molecule has 0 saturated heterocycles. The highest BCUT2D eigenvalue weighted by atomic mass is 35.5. The quantitative estimate of drug-likeness (QED) is 0.926.